The Hall–Kier alpha value is -0.800. The number of rotatable bonds is 6. The second-order valence-corrected chi connectivity index (χ2v) is 3.78. The summed E-state index contributed by atoms with van der Waals surface area (Å²) >= 11 is 0. The van der Waals surface area contributed by atoms with E-state index in [4.69, 9.17) is 9.47 Å². The van der Waals surface area contributed by atoms with Crippen LogP contribution in [0.1, 0.15) is 17.0 Å². The number of aromatic nitrogens is 1. The van der Waals surface area contributed by atoms with Crippen molar-refractivity contribution in [2.45, 2.75) is 26.8 Å². The van der Waals surface area contributed by atoms with Crippen LogP contribution in [0.3, 0.4) is 0 Å². The molecule has 3 heteroatoms. The van der Waals surface area contributed by atoms with E-state index >= 15 is 0 Å². The lowest BCUT2D eigenvalue weighted by Gasteiger charge is -2.08. The van der Waals surface area contributed by atoms with Gasteiger partial charge in [-0.05, 0) is 31.9 Å². The minimum absolute atomic E-state index is 0.764. The Morgan fingerprint density at radius 1 is 1.13 bits per heavy atom. The lowest BCUT2D eigenvalue weighted by Crippen LogP contribution is -2.08. The molecule has 0 aliphatic rings. The summed E-state index contributed by atoms with van der Waals surface area (Å²) < 4.78 is 12.5. The molecule has 0 unspecified atom stereocenters. The van der Waals surface area contributed by atoms with Gasteiger partial charge in [0.15, 0.2) is 0 Å². The van der Waals surface area contributed by atoms with Crippen LogP contribution in [-0.4, -0.2) is 32.0 Å². The highest BCUT2D eigenvalue weighted by Gasteiger charge is 2.07. The van der Waals surface area contributed by atoms with Crippen molar-refractivity contribution in [3.05, 3.63) is 23.0 Å². The average molecular weight is 211 g/mol. The van der Waals surface area contributed by atoms with Crippen molar-refractivity contribution < 1.29 is 9.47 Å². The third kappa shape index (κ3) is 3.08. The van der Waals surface area contributed by atoms with E-state index in [0.717, 1.165) is 26.2 Å². The molecule has 1 heterocycles. The van der Waals surface area contributed by atoms with Gasteiger partial charge in [-0.3, -0.25) is 0 Å². The zero-order valence-corrected chi connectivity index (χ0v) is 10.2. The van der Waals surface area contributed by atoms with Crippen molar-refractivity contribution in [2.75, 3.05) is 27.4 Å². The summed E-state index contributed by atoms with van der Waals surface area (Å²) in [6.45, 7) is 6.78. The summed E-state index contributed by atoms with van der Waals surface area (Å²) in [7, 11) is 3.48. The zero-order valence-electron chi connectivity index (χ0n) is 10.2. The summed E-state index contributed by atoms with van der Waals surface area (Å²) in [4.78, 5) is 0. The predicted molar refractivity (Wildman–Crippen MR) is 61.4 cm³/mol. The lowest BCUT2D eigenvalue weighted by atomic mass is 10.2. The summed E-state index contributed by atoms with van der Waals surface area (Å²) in [6, 6.07) is 2.24. The van der Waals surface area contributed by atoms with Gasteiger partial charge in [-0.15, -0.1) is 0 Å². The molecule has 0 amide bonds. The quantitative estimate of drug-likeness (QED) is 0.718. The first-order valence-electron chi connectivity index (χ1n) is 5.34. The van der Waals surface area contributed by atoms with Crippen molar-refractivity contribution >= 4 is 0 Å². The van der Waals surface area contributed by atoms with Gasteiger partial charge in [0.2, 0.25) is 0 Å². The molecule has 0 aliphatic heterocycles. The molecule has 0 saturated heterocycles. The molecule has 0 spiro atoms. The molecule has 1 aromatic rings. The fourth-order valence-electron chi connectivity index (χ4n) is 1.86. The minimum atomic E-state index is 0.764. The largest absolute Gasteiger partial charge is 0.384 e. The SMILES string of the molecule is COCCc1cc(C)n(CCOC)c1C. The topological polar surface area (TPSA) is 23.4 Å². The maximum absolute atomic E-state index is 5.10. The van der Waals surface area contributed by atoms with Crippen molar-refractivity contribution in [3.8, 4) is 0 Å². The molecule has 0 N–H and O–H groups in total. The Kier molecular flexibility index (Phi) is 4.85. The van der Waals surface area contributed by atoms with Gasteiger partial charge < -0.3 is 14.0 Å². The van der Waals surface area contributed by atoms with E-state index in [9.17, 15) is 0 Å². The number of methoxy groups -OCH3 is 2. The van der Waals surface area contributed by atoms with Crippen LogP contribution < -0.4 is 0 Å². The van der Waals surface area contributed by atoms with Crippen LogP contribution in [0.25, 0.3) is 0 Å². The fraction of sp³-hybridized carbons (Fsp3) is 0.667. The van der Waals surface area contributed by atoms with Gasteiger partial charge in [0.25, 0.3) is 0 Å². The molecule has 15 heavy (non-hydrogen) atoms. The predicted octanol–water partition coefficient (Wildman–Crippen LogP) is 1.94. The van der Waals surface area contributed by atoms with E-state index in [2.05, 4.69) is 24.5 Å². The molecule has 0 atom stereocenters. The zero-order chi connectivity index (χ0) is 11.3. The lowest BCUT2D eigenvalue weighted by molar-refractivity contribution is 0.186. The maximum Gasteiger partial charge on any atom is 0.0641 e. The second-order valence-electron chi connectivity index (χ2n) is 3.78. The van der Waals surface area contributed by atoms with Crippen molar-refractivity contribution in [1.82, 2.24) is 4.57 Å². The van der Waals surface area contributed by atoms with Crippen molar-refractivity contribution in [3.63, 3.8) is 0 Å². The smallest absolute Gasteiger partial charge is 0.0641 e. The van der Waals surface area contributed by atoms with Crippen LogP contribution in [-0.2, 0) is 22.4 Å². The molecule has 0 aromatic carbocycles. The molecule has 1 aromatic heterocycles. The number of hydrogen-bond acceptors (Lipinski definition) is 2. The standard InChI is InChI=1S/C12H21NO2/c1-10-9-12(5-7-14-3)11(2)13(10)6-8-15-4/h9H,5-8H2,1-4H3. The Balaban J connectivity index is 2.74. The van der Waals surface area contributed by atoms with Crippen LogP contribution in [0.2, 0.25) is 0 Å². The summed E-state index contributed by atoms with van der Waals surface area (Å²) in [5, 5.41) is 0. The molecule has 1 rings (SSSR count). The first kappa shape index (κ1) is 12.3. The average Bonchev–Trinajstić information content (AvgIpc) is 2.49. The normalized spacial score (nSPS) is 10.9. The van der Waals surface area contributed by atoms with Gasteiger partial charge in [0.1, 0.15) is 0 Å². The number of hydrogen-bond donors (Lipinski definition) is 0. The van der Waals surface area contributed by atoms with E-state index in [0.29, 0.717) is 0 Å². The highest BCUT2D eigenvalue weighted by atomic mass is 16.5. The molecular weight excluding hydrogens is 190 g/mol. The minimum Gasteiger partial charge on any atom is -0.384 e. The Bertz CT molecular complexity index is 305. The first-order valence-corrected chi connectivity index (χ1v) is 5.34. The van der Waals surface area contributed by atoms with Crippen molar-refractivity contribution in [2.24, 2.45) is 0 Å². The fourth-order valence-corrected chi connectivity index (χ4v) is 1.86. The second kappa shape index (κ2) is 5.93. The van der Waals surface area contributed by atoms with E-state index in [1.54, 1.807) is 14.2 Å². The van der Waals surface area contributed by atoms with Gasteiger partial charge >= 0.3 is 0 Å². The van der Waals surface area contributed by atoms with E-state index < -0.39 is 0 Å². The Morgan fingerprint density at radius 3 is 2.40 bits per heavy atom. The molecule has 0 saturated carbocycles. The van der Waals surface area contributed by atoms with E-state index in [-0.39, 0.29) is 0 Å². The number of ether oxygens (including phenoxy) is 2. The molecule has 0 fully saturated rings. The Morgan fingerprint density at radius 2 is 1.80 bits per heavy atom. The Labute approximate surface area is 92.0 Å². The van der Waals surface area contributed by atoms with Crippen LogP contribution >= 0.6 is 0 Å². The monoisotopic (exact) mass is 211 g/mol. The molecule has 0 radical (unpaired) electrons. The summed E-state index contributed by atoms with van der Waals surface area (Å²) in [5.74, 6) is 0. The highest BCUT2D eigenvalue weighted by Crippen LogP contribution is 2.15. The van der Waals surface area contributed by atoms with Gasteiger partial charge in [-0.25, -0.2) is 0 Å². The molecule has 0 aliphatic carbocycles. The molecule has 86 valence electrons. The third-order valence-electron chi connectivity index (χ3n) is 2.77. The highest BCUT2D eigenvalue weighted by molar-refractivity contribution is 5.26. The number of aryl methyl sites for hydroxylation is 1. The van der Waals surface area contributed by atoms with Crippen LogP contribution in [0.15, 0.2) is 6.07 Å². The van der Waals surface area contributed by atoms with Gasteiger partial charge in [-0.2, -0.15) is 0 Å². The summed E-state index contributed by atoms with van der Waals surface area (Å²) in [5.41, 5.74) is 4.02. The van der Waals surface area contributed by atoms with Gasteiger partial charge in [-0.1, -0.05) is 0 Å². The van der Waals surface area contributed by atoms with Crippen LogP contribution in [0, 0.1) is 13.8 Å². The van der Waals surface area contributed by atoms with Gasteiger partial charge in [0.05, 0.1) is 13.2 Å². The summed E-state index contributed by atoms with van der Waals surface area (Å²) in [6.07, 6.45) is 0.989. The van der Waals surface area contributed by atoms with E-state index in [1.165, 1.54) is 17.0 Å². The molecule has 3 nitrogen and oxygen atoms in total. The van der Waals surface area contributed by atoms with Gasteiger partial charge in [0, 0.05) is 32.2 Å². The number of nitrogens with zero attached hydrogens (tertiary/aromatic N) is 1. The van der Waals surface area contributed by atoms with Crippen molar-refractivity contribution in [1.29, 1.82) is 0 Å². The first-order chi connectivity index (χ1) is 7.20. The van der Waals surface area contributed by atoms with Crippen LogP contribution in [0.5, 0.6) is 0 Å². The molecule has 0 bridgehead atoms. The van der Waals surface area contributed by atoms with Crippen LogP contribution in [0.4, 0.5) is 0 Å². The maximum atomic E-state index is 5.10. The van der Waals surface area contributed by atoms with E-state index in [1.807, 2.05) is 0 Å². The third-order valence-corrected chi connectivity index (χ3v) is 2.77. The molecular formula is C12H21NO2.